The lowest BCUT2D eigenvalue weighted by Crippen LogP contribution is -2.57. The highest BCUT2D eigenvalue weighted by atomic mass is 79.9. The van der Waals surface area contributed by atoms with E-state index in [9.17, 15) is 4.79 Å². The number of carbonyl (C=O) groups excluding carboxylic acids is 1. The van der Waals surface area contributed by atoms with Crippen LogP contribution < -0.4 is 5.32 Å². The van der Waals surface area contributed by atoms with Crippen molar-refractivity contribution in [2.24, 2.45) is 17.3 Å². The molecule has 0 radical (unpaired) electrons. The van der Waals surface area contributed by atoms with Gasteiger partial charge in [0.25, 0.3) is 0 Å². The molecular weight excluding hydrogens is 458 g/mol. The first-order chi connectivity index (χ1) is 14.4. The van der Waals surface area contributed by atoms with E-state index in [1.54, 1.807) is 0 Å². The minimum atomic E-state index is -0.208. The van der Waals surface area contributed by atoms with Crippen LogP contribution in [0.15, 0.2) is 12.1 Å². The van der Waals surface area contributed by atoms with Gasteiger partial charge >= 0.3 is 0 Å². The first-order valence-corrected chi connectivity index (χ1v) is 13.4. The molecule has 1 amide bonds. The van der Waals surface area contributed by atoms with Crippen molar-refractivity contribution in [2.75, 3.05) is 5.32 Å². The number of alkyl halides is 1. The van der Waals surface area contributed by atoms with Crippen LogP contribution >= 0.6 is 15.9 Å². The van der Waals surface area contributed by atoms with Crippen LogP contribution in [-0.2, 0) is 21.0 Å². The first kappa shape index (κ1) is 24.3. The van der Waals surface area contributed by atoms with E-state index < -0.39 is 0 Å². The summed E-state index contributed by atoms with van der Waals surface area (Å²) in [6.45, 7) is 20.5. The van der Waals surface area contributed by atoms with Gasteiger partial charge in [-0.05, 0) is 83.3 Å². The van der Waals surface area contributed by atoms with E-state index in [1.165, 1.54) is 36.0 Å². The third-order valence-corrected chi connectivity index (χ3v) is 9.26. The van der Waals surface area contributed by atoms with Crippen molar-refractivity contribution in [1.29, 1.82) is 0 Å². The van der Waals surface area contributed by atoms with Crippen molar-refractivity contribution in [3.8, 4) is 0 Å². The van der Waals surface area contributed by atoms with Gasteiger partial charge in [-0.3, -0.25) is 4.79 Å². The number of amides is 1. The molecule has 3 heteroatoms. The number of rotatable bonds is 2. The molecule has 1 aromatic carbocycles. The molecule has 0 heterocycles. The zero-order valence-electron chi connectivity index (χ0n) is 21.8. The summed E-state index contributed by atoms with van der Waals surface area (Å²) < 4.78 is 0.185. The van der Waals surface area contributed by atoms with E-state index >= 15 is 0 Å². The molecule has 5 rings (SSSR count). The van der Waals surface area contributed by atoms with Crippen molar-refractivity contribution >= 4 is 27.5 Å². The van der Waals surface area contributed by atoms with E-state index in [0.717, 1.165) is 24.9 Å². The SMILES string of the molecule is CC(C)(C)c1cc(C(C)(C)C)c(NC(=O)C23C[C@H]4C[C@@H](CC(Br)(C4)C2)C3)c(C(C)(C)C)c1. The molecule has 4 fully saturated rings. The van der Waals surface area contributed by atoms with Gasteiger partial charge in [-0.25, -0.2) is 0 Å². The molecule has 4 aliphatic carbocycles. The number of benzene rings is 1. The fraction of sp³-hybridized carbons (Fsp3) is 0.759. The van der Waals surface area contributed by atoms with Crippen LogP contribution in [0.3, 0.4) is 0 Å². The van der Waals surface area contributed by atoms with Crippen LogP contribution in [0.5, 0.6) is 0 Å². The summed E-state index contributed by atoms with van der Waals surface area (Å²) in [5.41, 5.74) is 4.69. The van der Waals surface area contributed by atoms with Crippen LogP contribution in [0.1, 0.15) is 118 Å². The summed E-state index contributed by atoms with van der Waals surface area (Å²) >= 11 is 4.09. The Balaban J connectivity index is 1.80. The predicted molar refractivity (Wildman–Crippen MR) is 140 cm³/mol. The molecule has 0 aliphatic heterocycles. The lowest BCUT2D eigenvalue weighted by Gasteiger charge is -2.59. The summed E-state index contributed by atoms with van der Waals surface area (Å²) in [5.74, 6) is 1.68. The topological polar surface area (TPSA) is 29.1 Å². The summed E-state index contributed by atoms with van der Waals surface area (Å²) in [4.78, 5) is 14.1. The van der Waals surface area contributed by atoms with Gasteiger partial charge in [-0.2, -0.15) is 0 Å². The predicted octanol–water partition coefficient (Wildman–Crippen LogP) is 8.25. The fourth-order valence-corrected chi connectivity index (χ4v) is 8.51. The van der Waals surface area contributed by atoms with Gasteiger partial charge in [0.05, 0.1) is 5.41 Å². The zero-order chi connectivity index (χ0) is 23.9. The smallest absolute Gasteiger partial charge is 0.230 e. The molecule has 0 saturated heterocycles. The average molecular weight is 503 g/mol. The monoisotopic (exact) mass is 501 g/mol. The summed E-state index contributed by atoms with van der Waals surface area (Å²) in [6.07, 6.45) is 6.95. The Bertz CT molecular complexity index is 875. The average Bonchev–Trinajstić information content (AvgIpc) is 2.56. The van der Waals surface area contributed by atoms with Crippen LogP contribution in [-0.4, -0.2) is 10.2 Å². The Morgan fingerprint density at radius 3 is 1.69 bits per heavy atom. The van der Waals surface area contributed by atoms with E-state index in [2.05, 4.69) is 95.7 Å². The van der Waals surface area contributed by atoms with Gasteiger partial charge in [0.15, 0.2) is 0 Å². The Morgan fingerprint density at radius 1 is 0.844 bits per heavy atom. The Kier molecular flexibility index (Phi) is 5.57. The number of hydrogen-bond donors (Lipinski definition) is 1. The molecule has 4 aliphatic rings. The number of halogens is 1. The number of carbonyl (C=O) groups is 1. The molecule has 4 bridgehead atoms. The van der Waals surface area contributed by atoms with E-state index in [4.69, 9.17) is 0 Å². The Hall–Kier alpha value is -0.830. The zero-order valence-corrected chi connectivity index (χ0v) is 23.4. The molecule has 0 spiro atoms. The van der Waals surface area contributed by atoms with Crippen LogP contribution in [0, 0.1) is 17.3 Å². The van der Waals surface area contributed by atoms with Crippen LogP contribution in [0.4, 0.5) is 5.69 Å². The van der Waals surface area contributed by atoms with Crippen molar-refractivity contribution in [1.82, 2.24) is 0 Å². The maximum Gasteiger partial charge on any atom is 0.230 e. The van der Waals surface area contributed by atoms with Gasteiger partial charge in [0.1, 0.15) is 0 Å². The second kappa shape index (κ2) is 7.33. The van der Waals surface area contributed by atoms with Gasteiger partial charge in [0.2, 0.25) is 5.91 Å². The molecule has 1 N–H and O–H groups in total. The molecule has 2 atom stereocenters. The molecule has 2 nitrogen and oxygen atoms in total. The minimum Gasteiger partial charge on any atom is -0.325 e. The third-order valence-electron chi connectivity index (χ3n) is 8.33. The van der Waals surface area contributed by atoms with Gasteiger partial charge < -0.3 is 5.32 Å². The number of nitrogens with one attached hydrogen (secondary N) is 1. The number of hydrogen-bond acceptors (Lipinski definition) is 1. The second-order valence-electron chi connectivity index (χ2n) is 14.5. The highest BCUT2D eigenvalue weighted by molar-refractivity contribution is 9.10. The summed E-state index contributed by atoms with van der Waals surface area (Å²) in [6, 6.07) is 4.72. The van der Waals surface area contributed by atoms with Gasteiger partial charge in [-0.15, -0.1) is 0 Å². The van der Waals surface area contributed by atoms with Crippen molar-refractivity contribution in [2.45, 2.75) is 121 Å². The Morgan fingerprint density at radius 2 is 1.31 bits per heavy atom. The molecule has 0 aromatic heterocycles. The molecular formula is C29H44BrNO. The quantitative estimate of drug-likeness (QED) is 0.405. The highest BCUT2D eigenvalue weighted by Crippen LogP contribution is 2.64. The standard InChI is InChI=1S/C29H44BrNO/c1-25(2,3)20-11-21(26(4,5)6)23(22(12-20)27(7,8)9)31-24(32)28-13-18-10-19(14-28)16-29(30,15-18)17-28/h11-12,18-19H,10,13-17H2,1-9H3,(H,31,32)/t18-,19-,28?,29?/m1/s1. The van der Waals surface area contributed by atoms with Crippen molar-refractivity contribution in [3.05, 3.63) is 28.8 Å². The Labute approximate surface area is 204 Å². The van der Waals surface area contributed by atoms with E-state index in [0.29, 0.717) is 11.8 Å². The first-order valence-electron chi connectivity index (χ1n) is 12.6. The van der Waals surface area contributed by atoms with Crippen molar-refractivity contribution in [3.63, 3.8) is 0 Å². The summed E-state index contributed by atoms with van der Waals surface area (Å²) in [7, 11) is 0. The molecule has 32 heavy (non-hydrogen) atoms. The minimum absolute atomic E-state index is 0.0536. The maximum atomic E-state index is 14.1. The van der Waals surface area contributed by atoms with E-state index in [-0.39, 0.29) is 31.9 Å². The molecule has 4 saturated carbocycles. The van der Waals surface area contributed by atoms with Crippen molar-refractivity contribution < 1.29 is 4.79 Å². The van der Waals surface area contributed by atoms with E-state index in [1.807, 2.05) is 0 Å². The van der Waals surface area contributed by atoms with Crippen LogP contribution in [0.25, 0.3) is 0 Å². The lowest BCUT2D eigenvalue weighted by atomic mass is 9.49. The summed E-state index contributed by atoms with van der Waals surface area (Å²) in [5, 5.41) is 3.59. The lowest BCUT2D eigenvalue weighted by molar-refractivity contribution is -0.138. The maximum absolute atomic E-state index is 14.1. The number of anilines is 1. The molecule has 1 aromatic rings. The molecule has 178 valence electrons. The van der Waals surface area contributed by atoms with Gasteiger partial charge in [-0.1, -0.05) is 90.4 Å². The van der Waals surface area contributed by atoms with Gasteiger partial charge in [0, 0.05) is 10.0 Å². The molecule has 0 unspecified atom stereocenters. The fourth-order valence-electron chi connectivity index (χ4n) is 7.06. The largest absolute Gasteiger partial charge is 0.325 e. The third kappa shape index (κ3) is 4.32. The highest BCUT2D eigenvalue weighted by Gasteiger charge is 2.60. The normalized spacial score (nSPS) is 32.3. The second-order valence-corrected chi connectivity index (χ2v) is 16.2. The van der Waals surface area contributed by atoms with Crippen LogP contribution in [0.2, 0.25) is 0 Å².